The maximum Gasteiger partial charge on any atom is 0.407 e. The van der Waals surface area contributed by atoms with Gasteiger partial charge in [0.25, 0.3) is 0 Å². The van der Waals surface area contributed by atoms with Crippen molar-refractivity contribution in [3.8, 4) is 0 Å². The average Bonchev–Trinajstić information content (AvgIpc) is 3.09. The molecular formula is C17H25N3O3. The van der Waals surface area contributed by atoms with Crippen LogP contribution in [0, 0.1) is 0 Å². The molecule has 1 atom stereocenters. The van der Waals surface area contributed by atoms with Crippen LogP contribution >= 0.6 is 0 Å². The highest BCUT2D eigenvalue weighted by Gasteiger charge is 2.14. The fourth-order valence-electron chi connectivity index (χ4n) is 2.47. The summed E-state index contributed by atoms with van der Waals surface area (Å²) >= 11 is 0. The summed E-state index contributed by atoms with van der Waals surface area (Å²) < 4.78 is 5.09. The van der Waals surface area contributed by atoms with Crippen LogP contribution in [0.1, 0.15) is 31.2 Å². The number of nitrogens with one attached hydrogen (secondary N) is 3. The first-order valence-electron chi connectivity index (χ1n) is 8.18. The number of rotatable bonds is 8. The van der Waals surface area contributed by atoms with E-state index in [1.54, 1.807) is 0 Å². The molecule has 2 rings (SSSR count). The van der Waals surface area contributed by atoms with Gasteiger partial charge in [-0.25, -0.2) is 4.79 Å². The molecule has 0 unspecified atom stereocenters. The Labute approximate surface area is 137 Å². The maximum atomic E-state index is 11.7. The third-order valence-electron chi connectivity index (χ3n) is 3.77. The van der Waals surface area contributed by atoms with Crippen LogP contribution in [0.2, 0.25) is 0 Å². The number of carbonyl (C=O) groups is 2. The van der Waals surface area contributed by atoms with E-state index < -0.39 is 6.09 Å². The number of hydrogen-bond acceptors (Lipinski definition) is 4. The first-order valence-corrected chi connectivity index (χ1v) is 8.18. The van der Waals surface area contributed by atoms with E-state index in [0.717, 1.165) is 18.5 Å². The Balaban J connectivity index is 1.47. The maximum absolute atomic E-state index is 11.7. The van der Waals surface area contributed by atoms with E-state index in [-0.39, 0.29) is 12.5 Å². The van der Waals surface area contributed by atoms with E-state index in [4.69, 9.17) is 4.74 Å². The van der Waals surface area contributed by atoms with Crippen molar-refractivity contribution in [2.45, 2.75) is 38.3 Å². The summed E-state index contributed by atoms with van der Waals surface area (Å²) in [5, 5.41) is 8.90. The van der Waals surface area contributed by atoms with E-state index in [2.05, 4.69) is 16.0 Å². The van der Waals surface area contributed by atoms with Gasteiger partial charge in [0.2, 0.25) is 5.91 Å². The molecule has 0 saturated carbocycles. The molecule has 1 fully saturated rings. The lowest BCUT2D eigenvalue weighted by atomic mass is 10.2. The molecule has 3 N–H and O–H groups in total. The van der Waals surface area contributed by atoms with Gasteiger partial charge in [0.05, 0.1) is 0 Å². The number of carbonyl (C=O) groups excluding carboxylic acids is 2. The number of ether oxygens (including phenoxy) is 1. The third-order valence-corrected chi connectivity index (χ3v) is 3.77. The topological polar surface area (TPSA) is 79.5 Å². The van der Waals surface area contributed by atoms with Gasteiger partial charge >= 0.3 is 6.09 Å². The molecule has 0 radical (unpaired) electrons. The molecule has 1 aromatic rings. The number of hydrogen-bond donors (Lipinski definition) is 3. The minimum Gasteiger partial charge on any atom is -0.445 e. The SMILES string of the molecule is O=C(CCCNC(=O)OCc1ccccc1)NC[C@@H]1CCCN1. The van der Waals surface area contributed by atoms with Gasteiger partial charge in [0.1, 0.15) is 6.61 Å². The minimum absolute atomic E-state index is 0.0261. The van der Waals surface area contributed by atoms with Crippen LogP contribution in [0.4, 0.5) is 4.79 Å². The Hall–Kier alpha value is -2.08. The molecule has 2 amide bonds. The second-order valence-corrected chi connectivity index (χ2v) is 5.69. The minimum atomic E-state index is -0.454. The molecule has 1 aromatic carbocycles. The van der Waals surface area contributed by atoms with Crippen molar-refractivity contribution in [1.82, 2.24) is 16.0 Å². The fourth-order valence-corrected chi connectivity index (χ4v) is 2.47. The molecule has 0 bridgehead atoms. The van der Waals surface area contributed by atoms with Crippen molar-refractivity contribution < 1.29 is 14.3 Å². The number of alkyl carbamates (subject to hydrolysis) is 1. The highest BCUT2D eigenvalue weighted by atomic mass is 16.5. The third kappa shape index (κ3) is 7.15. The van der Waals surface area contributed by atoms with Gasteiger partial charge in [-0.05, 0) is 31.4 Å². The number of benzene rings is 1. The lowest BCUT2D eigenvalue weighted by Crippen LogP contribution is -2.37. The average molecular weight is 319 g/mol. The molecule has 23 heavy (non-hydrogen) atoms. The van der Waals surface area contributed by atoms with E-state index >= 15 is 0 Å². The summed E-state index contributed by atoms with van der Waals surface area (Å²) in [5.74, 6) is 0.0261. The largest absolute Gasteiger partial charge is 0.445 e. The summed E-state index contributed by atoms with van der Waals surface area (Å²) in [6.07, 6.45) is 2.85. The van der Waals surface area contributed by atoms with Crippen molar-refractivity contribution in [2.75, 3.05) is 19.6 Å². The quantitative estimate of drug-likeness (QED) is 0.635. The van der Waals surface area contributed by atoms with Gasteiger partial charge in [0.15, 0.2) is 0 Å². The molecule has 6 nitrogen and oxygen atoms in total. The second kappa shape index (κ2) is 9.84. The van der Waals surface area contributed by atoms with E-state index in [9.17, 15) is 9.59 Å². The summed E-state index contributed by atoms with van der Waals surface area (Å²) in [6.45, 7) is 2.41. The van der Waals surface area contributed by atoms with Crippen LogP contribution in [0.15, 0.2) is 30.3 Å². The monoisotopic (exact) mass is 319 g/mol. The lowest BCUT2D eigenvalue weighted by Gasteiger charge is -2.11. The van der Waals surface area contributed by atoms with Gasteiger partial charge < -0.3 is 20.7 Å². The highest BCUT2D eigenvalue weighted by Crippen LogP contribution is 2.03. The molecular weight excluding hydrogens is 294 g/mol. The zero-order valence-corrected chi connectivity index (χ0v) is 13.3. The Morgan fingerprint density at radius 1 is 1.22 bits per heavy atom. The Bertz CT molecular complexity index is 487. The van der Waals surface area contributed by atoms with Gasteiger partial charge in [0, 0.05) is 25.6 Å². The van der Waals surface area contributed by atoms with Crippen LogP contribution in [-0.2, 0) is 16.1 Å². The Morgan fingerprint density at radius 2 is 2.04 bits per heavy atom. The molecule has 1 aliphatic rings. The number of amides is 2. The lowest BCUT2D eigenvalue weighted by molar-refractivity contribution is -0.121. The molecule has 0 aromatic heterocycles. The Morgan fingerprint density at radius 3 is 2.78 bits per heavy atom. The molecule has 6 heteroatoms. The zero-order chi connectivity index (χ0) is 16.3. The van der Waals surface area contributed by atoms with Crippen LogP contribution in [0.25, 0.3) is 0 Å². The smallest absolute Gasteiger partial charge is 0.407 e. The molecule has 0 spiro atoms. The summed E-state index contributed by atoms with van der Waals surface area (Å²) in [6, 6.07) is 9.92. The first kappa shape index (κ1) is 17.3. The van der Waals surface area contributed by atoms with Crippen molar-refractivity contribution >= 4 is 12.0 Å². The summed E-state index contributed by atoms with van der Waals surface area (Å²) in [5.41, 5.74) is 0.947. The van der Waals surface area contributed by atoms with Crippen LogP contribution in [-0.4, -0.2) is 37.7 Å². The molecule has 1 aliphatic heterocycles. The van der Waals surface area contributed by atoms with E-state index in [1.165, 1.54) is 6.42 Å². The molecule has 0 aliphatic carbocycles. The fraction of sp³-hybridized carbons (Fsp3) is 0.529. The second-order valence-electron chi connectivity index (χ2n) is 5.69. The predicted molar refractivity (Wildman–Crippen MR) is 87.9 cm³/mol. The van der Waals surface area contributed by atoms with Crippen molar-refractivity contribution in [1.29, 1.82) is 0 Å². The normalized spacial score (nSPS) is 16.8. The Kier molecular flexibility index (Phi) is 7.39. The van der Waals surface area contributed by atoms with Crippen molar-refractivity contribution in [2.24, 2.45) is 0 Å². The first-order chi connectivity index (χ1) is 11.2. The van der Waals surface area contributed by atoms with Gasteiger partial charge in [-0.3, -0.25) is 4.79 Å². The van der Waals surface area contributed by atoms with Crippen molar-refractivity contribution in [3.63, 3.8) is 0 Å². The van der Waals surface area contributed by atoms with Crippen LogP contribution in [0.3, 0.4) is 0 Å². The van der Waals surface area contributed by atoms with Crippen LogP contribution in [0.5, 0.6) is 0 Å². The molecule has 1 heterocycles. The summed E-state index contributed by atoms with van der Waals surface area (Å²) in [4.78, 5) is 23.2. The van der Waals surface area contributed by atoms with E-state index in [0.29, 0.717) is 32.0 Å². The van der Waals surface area contributed by atoms with Gasteiger partial charge in [-0.1, -0.05) is 30.3 Å². The summed E-state index contributed by atoms with van der Waals surface area (Å²) in [7, 11) is 0. The van der Waals surface area contributed by atoms with Crippen molar-refractivity contribution in [3.05, 3.63) is 35.9 Å². The highest BCUT2D eigenvalue weighted by molar-refractivity contribution is 5.76. The van der Waals surface area contributed by atoms with Gasteiger partial charge in [-0.2, -0.15) is 0 Å². The van der Waals surface area contributed by atoms with Crippen LogP contribution < -0.4 is 16.0 Å². The van der Waals surface area contributed by atoms with Gasteiger partial charge in [-0.15, -0.1) is 0 Å². The predicted octanol–water partition coefficient (Wildman–Crippen LogP) is 1.56. The van der Waals surface area contributed by atoms with E-state index in [1.807, 2.05) is 30.3 Å². The standard InChI is InChI=1S/C17H25N3O3/c21-16(20-12-15-8-4-10-18-15)9-5-11-19-17(22)23-13-14-6-2-1-3-7-14/h1-3,6-7,15,18H,4-5,8-13H2,(H,19,22)(H,20,21)/t15-/m0/s1. The molecule has 1 saturated heterocycles. The zero-order valence-electron chi connectivity index (χ0n) is 13.3. The molecule has 126 valence electrons.